The van der Waals surface area contributed by atoms with Crippen molar-refractivity contribution < 1.29 is 34.3 Å². The largest absolute Gasteiger partial charge is 0.469 e. The van der Waals surface area contributed by atoms with Crippen LogP contribution in [0.15, 0.2) is 4.99 Å². The zero-order valence-electron chi connectivity index (χ0n) is 20.0. The third-order valence-electron chi connectivity index (χ3n) is 6.29. The van der Waals surface area contributed by atoms with Gasteiger partial charge in [0.1, 0.15) is 18.3 Å². The Kier molecular flexibility index (Phi) is 14.4. The third-order valence-corrected chi connectivity index (χ3v) is 7.23. The highest BCUT2D eigenvalue weighted by Crippen LogP contribution is 2.31. The van der Waals surface area contributed by atoms with E-state index < -0.39 is 30.6 Å². The summed E-state index contributed by atoms with van der Waals surface area (Å²) in [5, 5.41) is 29.8. The average molecular weight is 490 g/mol. The number of aliphatic imine (C=N–C) groups is 1. The lowest BCUT2D eigenvalue weighted by Gasteiger charge is -2.36. The van der Waals surface area contributed by atoms with Crippen molar-refractivity contribution in [2.45, 2.75) is 121 Å². The maximum Gasteiger partial charge on any atom is 0.305 e. The van der Waals surface area contributed by atoms with E-state index in [1.807, 2.05) is 0 Å². The third kappa shape index (κ3) is 10.5. The molecule has 9 heteroatoms. The molecule has 8 nitrogen and oxygen atoms in total. The van der Waals surface area contributed by atoms with Crippen molar-refractivity contribution >= 4 is 23.0 Å². The molecule has 33 heavy (non-hydrogen) atoms. The van der Waals surface area contributed by atoms with Gasteiger partial charge in [-0.25, -0.2) is 4.99 Å². The number of hydrogen-bond acceptors (Lipinski definition) is 9. The van der Waals surface area contributed by atoms with Crippen molar-refractivity contribution in [3.63, 3.8) is 0 Å². The molecule has 0 unspecified atom stereocenters. The van der Waals surface area contributed by atoms with E-state index in [2.05, 4.69) is 9.73 Å². The van der Waals surface area contributed by atoms with Crippen LogP contribution in [0.2, 0.25) is 0 Å². The normalized spacial score (nSPS) is 26.5. The van der Waals surface area contributed by atoms with Crippen LogP contribution in [0, 0.1) is 0 Å². The summed E-state index contributed by atoms with van der Waals surface area (Å²) in [7, 11) is 1.45. The van der Waals surface area contributed by atoms with Crippen molar-refractivity contribution in [2.75, 3.05) is 19.5 Å². The number of ether oxygens (including phenoxy) is 3. The Morgan fingerprint density at radius 1 is 0.909 bits per heavy atom. The van der Waals surface area contributed by atoms with Gasteiger partial charge in [0.05, 0.1) is 13.7 Å². The molecular weight excluding hydrogens is 446 g/mol. The summed E-state index contributed by atoms with van der Waals surface area (Å²) in [4.78, 5) is 15.4. The Bertz CT molecular complexity index is 577. The number of esters is 1. The van der Waals surface area contributed by atoms with Crippen LogP contribution in [0.5, 0.6) is 0 Å². The minimum absolute atomic E-state index is 0.0987. The predicted octanol–water partition coefficient (Wildman–Crippen LogP) is 3.55. The smallest absolute Gasteiger partial charge is 0.305 e. The van der Waals surface area contributed by atoms with E-state index in [1.54, 1.807) is 0 Å². The highest BCUT2D eigenvalue weighted by molar-refractivity contribution is 8.13. The fourth-order valence-corrected chi connectivity index (χ4v) is 5.08. The lowest BCUT2D eigenvalue weighted by Crippen LogP contribution is -2.57. The molecule has 2 rings (SSSR count). The lowest BCUT2D eigenvalue weighted by molar-refractivity contribution is -0.213. The van der Waals surface area contributed by atoms with E-state index in [1.165, 1.54) is 83.1 Å². The van der Waals surface area contributed by atoms with Crippen LogP contribution in [0.1, 0.15) is 89.9 Å². The number of carbonyl (C=O) groups is 1. The van der Waals surface area contributed by atoms with E-state index in [0.29, 0.717) is 11.7 Å². The molecule has 1 fully saturated rings. The minimum atomic E-state index is -1.17. The molecule has 0 aliphatic carbocycles. The quantitative estimate of drug-likeness (QED) is 0.210. The van der Waals surface area contributed by atoms with Crippen molar-refractivity contribution in [3.8, 4) is 0 Å². The van der Waals surface area contributed by atoms with Crippen LogP contribution in [0.25, 0.3) is 0 Å². The van der Waals surface area contributed by atoms with Crippen molar-refractivity contribution in [3.05, 3.63) is 0 Å². The zero-order valence-corrected chi connectivity index (χ0v) is 20.8. The summed E-state index contributed by atoms with van der Waals surface area (Å²) >= 11 is 1.52. The van der Waals surface area contributed by atoms with Gasteiger partial charge in [0.15, 0.2) is 12.3 Å². The molecule has 2 heterocycles. The molecule has 2 aliphatic heterocycles. The van der Waals surface area contributed by atoms with Crippen LogP contribution in [0.4, 0.5) is 0 Å². The summed E-state index contributed by atoms with van der Waals surface area (Å²) in [5.74, 6) is 0.804. The number of aliphatic hydroxyl groups is 3. The number of hydrogen-bond donors (Lipinski definition) is 3. The van der Waals surface area contributed by atoms with Gasteiger partial charge < -0.3 is 29.5 Å². The van der Waals surface area contributed by atoms with Gasteiger partial charge in [-0.2, -0.15) is 0 Å². The molecule has 0 radical (unpaired) electrons. The molecule has 1 saturated heterocycles. The summed E-state index contributed by atoms with van der Waals surface area (Å²) < 4.78 is 15.8. The lowest BCUT2D eigenvalue weighted by atomic mass is 9.99. The molecule has 5 atom stereocenters. The van der Waals surface area contributed by atoms with Crippen LogP contribution in [-0.2, 0) is 19.0 Å². The number of nitrogens with zero attached hydrogens (tertiary/aromatic N) is 1. The standard InChI is InChI=1S/C24H43NO7S/c1-30-19(27)15-13-11-9-7-5-3-2-4-6-8-10-12-14-16-33-24-25-23-22(32-24)21(29)20(28)18(17-26)31-23/h18,20-23,26,28-29H,2-17H2,1H3/t18-,20-,21+,22-,23+/m1/s1. The molecule has 2 aliphatic rings. The number of unbranched alkanes of at least 4 members (excludes halogenated alkanes) is 12. The fraction of sp³-hybridized carbons (Fsp3) is 0.917. The molecule has 0 aromatic heterocycles. The first-order valence-corrected chi connectivity index (χ1v) is 13.6. The van der Waals surface area contributed by atoms with Gasteiger partial charge in [-0.1, -0.05) is 82.4 Å². The van der Waals surface area contributed by atoms with Gasteiger partial charge in [-0.15, -0.1) is 0 Å². The molecule has 0 aromatic rings. The Morgan fingerprint density at radius 2 is 1.45 bits per heavy atom. The monoisotopic (exact) mass is 489 g/mol. The van der Waals surface area contributed by atoms with Crippen molar-refractivity contribution in [1.29, 1.82) is 0 Å². The van der Waals surface area contributed by atoms with Gasteiger partial charge in [-0.3, -0.25) is 4.79 Å². The Morgan fingerprint density at radius 3 is 2.00 bits per heavy atom. The van der Waals surface area contributed by atoms with Gasteiger partial charge >= 0.3 is 5.97 Å². The van der Waals surface area contributed by atoms with Crippen molar-refractivity contribution in [2.24, 2.45) is 4.99 Å². The van der Waals surface area contributed by atoms with Gasteiger partial charge in [0.2, 0.25) is 5.23 Å². The molecule has 0 spiro atoms. The molecule has 0 amide bonds. The summed E-state index contributed by atoms with van der Waals surface area (Å²) in [6, 6.07) is 0. The summed E-state index contributed by atoms with van der Waals surface area (Å²) in [6.45, 7) is -0.362. The first kappa shape index (κ1) is 28.4. The summed E-state index contributed by atoms with van der Waals surface area (Å²) in [5.41, 5.74) is 0. The molecule has 192 valence electrons. The molecule has 0 aromatic carbocycles. The van der Waals surface area contributed by atoms with Crippen LogP contribution in [-0.4, -0.2) is 76.6 Å². The average Bonchev–Trinajstić information content (AvgIpc) is 3.23. The topological polar surface area (TPSA) is 118 Å². The molecule has 3 N–H and O–H groups in total. The van der Waals surface area contributed by atoms with Crippen LogP contribution >= 0.6 is 11.8 Å². The fourth-order valence-electron chi connectivity index (χ4n) is 4.20. The number of aliphatic hydroxyl groups excluding tert-OH is 3. The van der Waals surface area contributed by atoms with Gasteiger partial charge in [0, 0.05) is 12.2 Å². The Hall–Kier alpha value is -0.870. The van der Waals surface area contributed by atoms with Gasteiger partial charge in [-0.05, 0) is 12.8 Å². The van der Waals surface area contributed by atoms with E-state index in [9.17, 15) is 20.1 Å². The SMILES string of the molecule is COC(=O)CCCCCCCCCCCCCCCSC1=N[C@H]2O[C@H](CO)[C@@H](O)[C@H](O)[C@H]2O1. The maximum atomic E-state index is 11.0. The van der Waals surface area contributed by atoms with E-state index in [-0.39, 0.29) is 12.6 Å². The number of fused-ring (bicyclic) bond motifs is 1. The second-order valence-corrected chi connectivity index (χ2v) is 10.0. The maximum absolute atomic E-state index is 11.0. The highest BCUT2D eigenvalue weighted by Gasteiger charge is 2.49. The summed E-state index contributed by atoms with van der Waals surface area (Å²) in [6.07, 6.45) is 12.0. The van der Waals surface area contributed by atoms with Gasteiger partial charge in [0.25, 0.3) is 0 Å². The second-order valence-electron chi connectivity index (χ2n) is 8.98. The minimum Gasteiger partial charge on any atom is -0.469 e. The number of rotatable bonds is 17. The Balaban J connectivity index is 1.36. The van der Waals surface area contributed by atoms with E-state index in [0.717, 1.165) is 25.0 Å². The zero-order chi connectivity index (χ0) is 23.9. The van der Waals surface area contributed by atoms with E-state index >= 15 is 0 Å². The first-order chi connectivity index (χ1) is 16.1. The first-order valence-electron chi connectivity index (χ1n) is 12.6. The molecule has 0 saturated carbocycles. The van der Waals surface area contributed by atoms with Crippen LogP contribution in [0.3, 0.4) is 0 Å². The van der Waals surface area contributed by atoms with Crippen molar-refractivity contribution in [1.82, 2.24) is 0 Å². The number of methoxy groups -OCH3 is 1. The predicted molar refractivity (Wildman–Crippen MR) is 129 cm³/mol. The Labute approximate surface area is 202 Å². The molecular formula is C24H43NO7S. The highest BCUT2D eigenvalue weighted by atomic mass is 32.2. The molecule has 0 bridgehead atoms. The number of carbonyl (C=O) groups excluding carboxylic acids is 1. The second kappa shape index (κ2) is 16.7. The number of thioether (sulfide) groups is 1. The van der Waals surface area contributed by atoms with E-state index in [4.69, 9.17) is 9.47 Å². The van der Waals surface area contributed by atoms with Crippen LogP contribution < -0.4 is 0 Å².